The number of esters is 1. The quantitative estimate of drug-likeness (QED) is 0.197. The molecule has 8 nitrogen and oxygen atoms in total. The van der Waals surface area contributed by atoms with Gasteiger partial charge in [0, 0.05) is 18.2 Å². The molecule has 35 heavy (non-hydrogen) atoms. The number of methoxy groups -OCH3 is 1. The van der Waals surface area contributed by atoms with E-state index in [0.29, 0.717) is 33.9 Å². The van der Waals surface area contributed by atoms with Gasteiger partial charge in [-0.25, -0.2) is 0 Å². The second kappa shape index (κ2) is 9.53. The van der Waals surface area contributed by atoms with Crippen LogP contribution in [-0.4, -0.2) is 29.9 Å². The molecule has 0 radical (unpaired) electrons. The van der Waals surface area contributed by atoms with Crippen LogP contribution in [0.4, 0.5) is 5.69 Å². The van der Waals surface area contributed by atoms with Crippen LogP contribution in [0.5, 0.6) is 11.5 Å². The molecule has 1 aliphatic heterocycles. The number of nitrogens with zero attached hydrogens (tertiary/aromatic N) is 2. The van der Waals surface area contributed by atoms with Crippen LogP contribution in [0.3, 0.4) is 0 Å². The Bertz CT molecular complexity index is 1370. The van der Waals surface area contributed by atoms with E-state index in [1.165, 1.54) is 18.9 Å². The highest BCUT2D eigenvalue weighted by atomic mass is 16.5. The van der Waals surface area contributed by atoms with Crippen molar-refractivity contribution in [3.05, 3.63) is 95.1 Å². The van der Waals surface area contributed by atoms with Gasteiger partial charge in [0.05, 0.1) is 30.4 Å². The predicted molar refractivity (Wildman–Crippen MR) is 127 cm³/mol. The third-order valence-electron chi connectivity index (χ3n) is 5.54. The van der Waals surface area contributed by atoms with Crippen LogP contribution in [-0.2, 0) is 14.4 Å². The van der Waals surface area contributed by atoms with Gasteiger partial charge >= 0.3 is 5.97 Å². The molecule has 174 valence electrons. The Morgan fingerprint density at radius 2 is 1.54 bits per heavy atom. The van der Waals surface area contributed by atoms with Gasteiger partial charge in [-0.2, -0.15) is 5.26 Å². The lowest BCUT2D eigenvalue weighted by Crippen LogP contribution is -2.29. The zero-order valence-corrected chi connectivity index (χ0v) is 18.9. The number of amides is 1. The lowest BCUT2D eigenvalue weighted by molar-refractivity contribution is -0.132. The van der Waals surface area contributed by atoms with Gasteiger partial charge in [-0.15, -0.1) is 0 Å². The van der Waals surface area contributed by atoms with Crippen molar-refractivity contribution in [2.45, 2.75) is 13.0 Å². The number of ketones is 1. The van der Waals surface area contributed by atoms with Gasteiger partial charge in [-0.3, -0.25) is 19.3 Å². The zero-order valence-electron chi connectivity index (χ0n) is 18.9. The number of aliphatic hydroxyl groups is 1. The first-order chi connectivity index (χ1) is 16.8. The van der Waals surface area contributed by atoms with E-state index in [9.17, 15) is 19.5 Å². The molecule has 1 N–H and O–H groups in total. The lowest BCUT2D eigenvalue weighted by Gasteiger charge is -2.25. The highest BCUT2D eigenvalue weighted by Gasteiger charge is 2.47. The number of nitriles is 1. The third-order valence-corrected chi connectivity index (χ3v) is 5.54. The summed E-state index contributed by atoms with van der Waals surface area (Å²) in [5, 5.41) is 20.3. The molecule has 1 atom stereocenters. The first kappa shape index (κ1) is 23.3. The normalized spacial score (nSPS) is 16.6. The van der Waals surface area contributed by atoms with Crippen LogP contribution < -0.4 is 14.4 Å². The average molecular weight is 468 g/mol. The van der Waals surface area contributed by atoms with E-state index in [-0.39, 0.29) is 11.3 Å². The molecule has 0 aliphatic carbocycles. The fraction of sp³-hybridized carbons (Fsp3) is 0.111. The molecule has 3 aromatic carbocycles. The van der Waals surface area contributed by atoms with Crippen LogP contribution in [0.2, 0.25) is 0 Å². The highest BCUT2D eigenvalue weighted by Crippen LogP contribution is 2.42. The van der Waals surface area contributed by atoms with Gasteiger partial charge in [-0.05, 0) is 66.2 Å². The smallest absolute Gasteiger partial charge is 0.308 e. The van der Waals surface area contributed by atoms with Crippen LogP contribution in [0.15, 0.2) is 78.4 Å². The van der Waals surface area contributed by atoms with Crippen molar-refractivity contribution in [3.63, 3.8) is 0 Å². The lowest BCUT2D eigenvalue weighted by atomic mass is 9.95. The van der Waals surface area contributed by atoms with E-state index in [0.717, 1.165) is 0 Å². The Kier molecular flexibility index (Phi) is 6.34. The number of aliphatic hydroxyl groups excluding tert-OH is 1. The monoisotopic (exact) mass is 468 g/mol. The minimum atomic E-state index is -0.962. The maximum absolute atomic E-state index is 13.2. The van der Waals surface area contributed by atoms with Crippen molar-refractivity contribution in [2.75, 3.05) is 12.0 Å². The van der Waals surface area contributed by atoms with E-state index < -0.39 is 23.7 Å². The van der Waals surface area contributed by atoms with Gasteiger partial charge in [0.25, 0.3) is 11.7 Å². The first-order valence-electron chi connectivity index (χ1n) is 10.6. The van der Waals surface area contributed by atoms with Crippen molar-refractivity contribution >= 4 is 29.1 Å². The van der Waals surface area contributed by atoms with Crippen molar-refractivity contribution in [1.82, 2.24) is 0 Å². The number of anilines is 1. The number of ether oxygens (including phenoxy) is 2. The molecule has 1 fully saturated rings. The van der Waals surface area contributed by atoms with Crippen molar-refractivity contribution < 1.29 is 29.0 Å². The van der Waals surface area contributed by atoms with Crippen molar-refractivity contribution in [3.8, 4) is 17.6 Å². The molecular weight excluding hydrogens is 448 g/mol. The van der Waals surface area contributed by atoms with E-state index >= 15 is 0 Å². The summed E-state index contributed by atoms with van der Waals surface area (Å²) in [6.45, 7) is 1.28. The van der Waals surface area contributed by atoms with Crippen LogP contribution in [0, 0.1) is 11.3 Å². The molecule has 0 spiro atoms. The summed E-state index contributed by atoms with van der Waals surface area (Å²) >= 11 is 0. The van der Waals surface area contributed by atoms with Gasteiger partial charge < -0.3 is 14.6 Å². The van der Waals surface area contributed by atoms with E-state index in [4.69, 9.17) is 14.7 Å². The summed E-state index contributed by atoms with van der Waals surface area (Å²) in [4.78, 5) is 38.9. The molecule has 4 rings (SSSR count). The molecule has 1 saturated heterocycles. The molecule has 0 bridgehead atoms. The molecule has 0 aromatic heterocycles. The van der Waals surface area contributed by atoms with E-state index in [1.807, 2.05) is 6.07 Å². The molecule has 1 heterocycles. The molecular formula is C27H20N2O6. The summed E-state index contributed by atoms with van der Waals surface area (Å²) in [6, 6.07) is 20.0. The number of carbonyl (C=O) groups excluding carboxylic acids is 3. The Labute approximate surface area is 201 Å². The number of carbonyl (C=O) groups is 3. The number of Topliss-reactive ketones (excluding diaryl/α,β-unsaturated/α-hetero) is 1. The van der Waals surface area contributed by atoms with Crippen molar-refractivity contribution in [1.29, 1.82) is 5.26 Å². The van der Waals surface area contributed by atoms with Crippen LogP contribution >= 0.6 is 0 Å². The topological polar surface area (TPSA) is 117 Å². The first-order valence-corrected chi connectivity index (χ1v) is 10.6. The number of hydrogen-bond donors (Lipinski definition) is 1. The summed E-state index contributed by atoms with van der Waals surface area (Å²) in [6.07, 6.45) is 0. The molecule has 1 unspecified atom stereocenters. The Morgan fingerprint density at radius 1 is 0.943 bits per heavy atom. The number of hydrogen-bond acceptors (Lipinski definition) is 7. The molecule has 1 aliphatic rings. The molecule has 0 saturated carbocycles. The van der Waals surface area contributed by atoms with Gasteiger partial charge in [0.15, 0.2) is 0 Å². The minimum absolute atomic E-state index is 0.0928. The fourth-order valence-corrected chi connectivity index (χ4v) is 3.90. The third kappa shape index (κ3) is 4.48. The summed E-state index contributed by atoms with van der Waals surface area (Å²) in [5.41, 5.74) is 1.54. The van der Waals surface area contributed by atoms with Crippen LogP contribution in [0.1, 0.15) is 29.7 Å². The standard InChI is InChI=1S/C27H20N2O6/c1-16(30)35-22-13-5-18(6-14-22)24-23(25(31)19-7-11-21(34-2)12-8-19)26(32)27(33)29(24)20-9-3-17(15-28)4-10-20/h3-14,24,31H,1-2H3/b25-23+. The Balaban J connectivity index is 1.87. The molecule has 8 heteroatoms. The number of rotatable bonds is 5. The molecule has 1 amide bonds. The minimum Gasteiger partial charge on any atom is -0.507 e. The maximum atomic E-state index is 13.2. The number of benzene rings is 3. The largest absolute Gasteiger partial charge is 0.507 e. The van der Waals surface area contributed by atoms with Gasteiger partial charge in [0.1, 0.15) is 17.3 Å². The average Bonchev–Trinajstić information content (AvgIpc) is 3.14. The maximum Gasteiger partial charge on any atom is 0.308 e. The van der Waals surface area contributed by atoms with E-state index in [1.54, 1.807) is 72.8 Å². The summed E-state index contributed by atoms with van der Waals surface area (Å²) in [7, 11) is 1.51. The highest BCUT2D eigenvalue weighted by molar-refractivity contribution is 6.51. The Hall–Kier alpha value is -4.90. The van der Waals surface area contributed by atoms with Gasteiger partial charge in [-0.1, -0.05) is 12.1 Å². The van der Waals surface area contributed by atoms with Gasteiger partial charge in [0.2, 0.25) is 0 Å². The second-order valence-corrected chi connectivity index (χ2v) is 7.72. The molecule has 3 aromatic rings. The van der Waals surface area contributed by atoms with Crippen molar-refractivity contribution in [2.24, 2.45) is 0 Å². The van der Waals surface area contributed by atoms with Crippen LogP contribution in [0.25, 0.3) is 5.76 Å². The fourth-order valence-electron chi connectivity index (χ4n) is 3.90. The zero-order chi connectivity index (χ0) is 25.1. The Morgan fingerprint density at radius 3 is 2.09 bits per heavy atom. The van der Waals surface area contributed by atoms with E-state index in [2.05, 4.69) is 0 Å². The summed E-state index contributed by atoms with van der Waals surface area (Å²) in [5.74, 6) is -1.63. The predicted octanol–water partition coefficient (Wildman–Crippen LogP) is 4.12. The SMILES string of the molecule is COc1ccc(/C(O)=C2\C(=O)C(=O)N(c3ccc(C#N)cc3)C2c2ccc(OC(C)=O)cc2)cc1. The summed E-state index contributed by atoms with van der Waals surface area (Å²) < 4.78 is 10.2. The second-order valence-electron chi connectivity index (χ2n) is 7.72.